The third-order valence-electron chi connectivity index (χ3n) is 4.48. The summed E-state index contributed by atoms with van der Waals surface area (Å²) in [7, 11) is -3.67. The summed E-state index contributed by atoms with van der Waals surface area (Å²) in [5.74, 6) is -1.16. The zero-order valence-corrected chi connectivity index (χ0v) is 20.6. The number of thiophene rings is 1. The molecule has 0 atom stereocenters. The van der Waals surface area contributed by atoms with Crippen LogP contribution in [0.2, 0.25) is 5.02 Å². The number of halogens is 1. The van der Waals surface area contributed by atoms with Crippen molar-refractivity contribution in [3.05, 3.63) is 63.4 Å². The highest BCUT2D eigenvalue weighted by Gasteiger charge is 2.24. The first kappa shape index (κ1) is 26.1. The molecular formula is C21H20ClN5O6S2. The van der Waals surface area contributed by atoms with Crippen LogP contribution in [0.1, 0.15) is 20.0 Å². The first-order valence-corrected chi connectivity index (χ1v) is 12.9. The van der Waals surface area contributed by atoms with Gasteiger partial charge in [0, 0.05) is 28.5 Å². The maximum absolute atomic E-state index is 12.8. The molecule has 0 unspecified atom stereocenters. The van der Waals surface area contributed by atoms with Gasteiger partial charge in [0.25, 0.3) is 28.0 Å². The smallest absolute Gasteiger partial charge is 0.289 e. The molecule has 1 aromatic carbocycles. The van der Waals surface area contributed by atoms with Crippen LogP contribution in [0.4, 0.5) is 11.4 Å². The van der Waals surface area contributed by atoms with E-state index in [2.05, 4.69) is 10.3 Å². The Labute approximate surface area is 209 Å². The summed E-state index contributed by atoms with van der Waals surface area (Å²) in [5, 5.41) is 12.7. The zero-order chi connectivity index (χ0) is 25.8. The molecule has 1 aliphatic rings. The molecular weight excluding hydrogens is 518 g/mol. The van der Waals surface area contributed by atoms with Gasteiger partial charge in [-0.1, -0.05) is 11.6 Å². The number of rotatable bonds is 5. The quantitative estimate of drug-likeness (QED) is 0.359. The van der Waals surface area contributed by atoms with Crippen LogP contribution in [0.15, 0.2) is 48.0 Å². The van der Waals surface area contributed by atoms with Crippen molar-refractivity contribution in [3.63, 3.8) is 0 Å². The van der Waals surface area contributed by atoms with Crippen molar-refractivity contribution in [2.75, 3.05) is 29.6 Å². The number of carbonyl (C=O) groups is 2. The molecule has 3 aromatic rings. The molecule has 0 aliphatic carbocycles. The first-order valence-electron chi connectivity index (χ1n) is 9.80. The van der Waals surface area contributed by atoms with Crippen molar-refractivity contribution in [2.24, 2.45) is 5.73 Å². The van der Waals surface area contributed by atoms with Crippen molar-refractivity contribution in [1.29, 1.82) is 5.41 Å². The number of hydrogen-bond donors (Lipinski definition) is 4. The number of nitrogens with two attached hydrogens (primary N) is 1. The second-order valence-electron chi connectivity index (χ2n) is 7.12. The van der Waals surface area contributed by atoms with Crippen LogP contribution in [0, 0.1) is 5.41 Å². The lowest BCUT2D eigenvalue weighted by Gasteiger charge is -2.15. The van der Waals surface area contributed by atoms with E-state index in [0.29, 0.717) is 41.4 Å². The second kappa shape index (κ2) is 10.8. The Hall–Kier alpha value is -3.52. The van der Waals surface area contributed by atoms with Crippen LogP contribution in [0.5, 0.6) is 0 Å². The van der Waals surface area contributed by atoms with Gasteiger partial charge < -0.3 is 15.8 Å². The summed E-state index contributed by atoms with van der Waals surface area (Å²) < 4.78 is 31.0. The van der Waals surface area contributed by atoms with E-state index in [-0.39, 0.29) is 16.5 Å². The van der Waals surface area contributed by atoms with E-state index in [4.69, 9.17) is 32.0 Å². The highest BCUT2D eigenvalue weighted by molar-refractivity contribution is 7.85. The van der Waals surface area contributed by atoms with E-state index in [9.17, 15) is 18.0 Å². The van der Waals surface area contributed by atoms with Gasteiger partial charge in [-0.15, -0.1) is 11.3 Å². The number of hydrogen-bond acceptors (Lipinski definition) is 8. The van der Waals surface area contributed by atoms with Gasteiger partial charge in [-0.2, -0.15) is 8.42 Å². The number of anilines is 2. The Morgan fingerprint density at radius 3 is 2.43 bits per heavy atom. The minimum Gasteiger partial charge on any atom is -0.463 e. The molecule has 4 rings (SSSR count). The normalized spacial score (nSPS) is 13.0. The molecule has 5 N–H and O–H groups in total. The average Bonchev–Trinajstić information content (AvgIpc) is 3.40. The van der Waals surface area contributed by atoms with Crippen molar-refractivity contribution < 1.29 is 27.3 Å². The fourth-order valence-corrected chi connectivity index (χ4v) is 4.14. The number of primary amides is 1. The summed E-state index contributed by atoms with van der Waals surface area (Å²) in [6.07, 6.45) is 2.18. The van der Waals surface area contributed by atoms with Crippen molar-refractivity contribution in [2.45, 2.75) is 0 Å². The molecule has 0 spiro atoms. The molecule has 3 heterocycles. The summed E-state index contributed by atoms with van der Waals surface area (Å²) in [6.45, 7) is 1.07. The number of aromatic nitrogens is 1. The minimum atomic E-state index is -3.67. The monoisotopic (exact) mass is 537 g/mol. The van der Waals surface area contributed by atoms with Gasteiger partial charge in [0.1, 0.15) is 11.5 Å². The van der Waals surface area contributed by atoms with Crippen LogP contribution < -0.4 is 16.0 Å². The molecule has 2 amide bonds. The Bertz CT molecular complexity index is 1350. The SMILES string of the molecule is CS(=O)(=O)O.N=C1OCCN1c1ccc(NC(=O)c2scc(-c3ccc(Cl)cn3)c2C(N)=O)cc1. The zero-order valence-electron chi connectivity index (χ0n) is 18.2. The largest absolute Gasteiger partial charge is 0.463 e. The van der Waals surface area contributed by atoms with E-state index >= 15 is 0 Å². The van der Waals surface area contributed by atoms with E-state index in [1.165, 1.54) is 6.20 Å². The lowest BCUT2D eigenvalue weighted by Crippen LogP contribution is -2.23. The van der Waals surface area contributed by atoms with Crippen molar-refractivity contribution >= 4 is 62.3 Å². The Balaban J connectivity index is 0.000000623. The minimum absolute atomic E-state index is 0.0970. The number of ether oxygens (including phenoxy) is 1. The molecule has 0 saturated carbocycles. The van der Waals surface area contributed by atoms with E-state index in [1.807, 2.05) is 0 Å². The lowest BCUT2D eigenvalue weighted by molar-refractivity contribution is 0.0980. The molecule has 1 fully saturated rings. The Kier molecular flexibility index (Phi) is 8.07. The Morgan fingerprint density at radius 2 is 1.91 bits per heavy atom. The molecule has 0 radical (unpaired) electrons. The molecule has 11 nitrogen and oxygen atoms in total. The summed E-state index contributed by atoms with van der Waals surface area (Å²) in [6, 6.07) is 10.4. The molecule has 14 heteroatoms. The van der Waals surface area contributed by atoms with Crippen molar-refractivity contribution in [1.82, 2.24) is 4.98 Å². The van der Waals surface area contributed by atoms with Crippen molar-refractivity contribution in [3.8, 4) is 11.3 Å². The van der Waals surface area contributed by atoms with Crippen LogP contribution in [-0.2, 0) is 14.9 Å². The number of nitrogens with one attached hydrogen (secondary N) is 2. The third kappa shape index (κ3) is 6.99. The van der Waals surface area contributed by atoms with Gasteiger partial charge in [-0.25, -0.2) is 0 Å². The number of amides is 2. The fraction of sp³-hybridized carbons (Fsp3) is 0.143. The van der Waals surface area contributed by atoms with Crippen LogP contribution in [0.25, 0.3) is 11.3 Å². The number of nitrogens with zero attached hydrogens (tertiary/aromatic N) is 2. The molecule has 2 aromatic heterocycles. The van der Waals surface area contributed by atoms with Gasteiger partial charge in [-0.3, -0.25) is 29.4 Å². The van der Waals surface area contributed by atoms with Gasteiger partial charge in [0.2, 0.25) is 0 Å². The van der Waals surface area contributed by atoms with Gasteiger partial charge >= 0.3 is 0 Å². The maximum atomic E-state index is 12.8. The fourth-order valence-electron chi connectivity index (χ4n) is 3.07. The van der Waals surface area contributed by atoms with Crippen LogP contribution >= 0.6 is 22.9 Å². The first-order chi connectivity index (χ1) is 16.4. The van der Waals surface area contributed by atoms with E-state index in [0.717, 1.165) is 17.0 Å². The topological polar surface area (TPSA) is 176 Å². The molecule has 184 valence electrons. The molecule has 35 heavy (non-hydrogen) atoms. The lowest BCUT2D eigenvalue weighted by atomic mass is 10.1. The van der Waals surface area contributed by atoms with Crippen LogP contribution in [0.3, 0.4) is 0 Å². The van der Waals surface area contributed by atoms with Gasteiger partial charge in [0.05, 0.1) is 29.1 Å². The predicted octanol–water partition coefficient (Wildman–Crippen LogP) is 3.09. The summed E-state index contributed by atoms with van der Waals surface area (Å²) in [4.78, 5) is 31.0. The molecule has 1 saturated heterocycles. The van der Waals surface area contributed by atoms with Gasteiger partial charge in [0.15, 0.2) is 0 Å². The predicted molar refractivity (Wildman–Crippen MR) is 134 cm³/mol. The highest BCUT2D eigenvalue weighted by atomic mass is 35.5. The standard InChI is InChI=1S/C20H16ClN5O3S.CH4O3S/c21-11-1-6-15(24-9-11)14-10-30-17(16(14)18(22)27)19(28)25-12-2-4-13(5-3-12)26-7-8-29-20(26)23;1-5(2,3)4/h1-6,9-10,23H,7-8H2,(H2,22,27)(H,25,28);1H3,(H,2,3,4). The van der Waals surface area contributed by atoms with E-state index < -0.39 is 21.9 Å². The molecule has 0 bridgehead atoms. The van der Waals surface area contributed by atoms with E-state index in [1.54, 1.807) is 46.7 Å². The number of carbonyl (C=O) groups excluding carboxylic acids is 2. The Morgan fingerprint density at radius 1 is 1.26 bits per heavy atom. The number of benzene rings is 1. The second-order valence-corrected chi connectivity index (χ2v) is 9.90. The average molecular weight is 538 g/mol. The molecule has 1 aliphatic heterocycles. The van der Waals surface area contributed by atoms with Crippen LogP contribution in [-0.4, -0.2) is 55.2 Å². The third-order valence-corrected chi connectivity index (χ3v) is 5.69. The number of amidine groups is 1. The summed E-state index contributed by atoms with van der Waals surface area (Å²) >= 11 is 6.99. The number of pyridine rings is 1. The van der Waals surface area contributed by atoms with Gasteiger partial charge in [-0.05, 0) is 36.4 Å². The summed E-state index contributed by atoms with van der Waals surface area (Å²) in [5.41, 5.74) is 8.00. The maximum Gasteiger partial charge on any atom is 0.289 e. The highest BCUT2D eigenvalue weighted by Crippen LogP contribution is 2.31.